The van der Waals surface area contributed by atoms with Crippen LogP contribution in [0.3, 0.4) is 0 Å². The van der Waals surface area contributed by atoms with Crippen molar-refractivity contribution in [3.63, 3.8) is 0 Å². The molecule has 2 heteroatoms. The summed E-state index contributed by atoms with van der Waals surface area (Å²) in [7, 11) is 0. The summed E-state index contributed by atoms with van der Waals surface area (Å²) in [6.07, 6.45) is 7.05. The van der Waals surface area contributed by atoms with Crippen LogP contribution in [-0.4, -0.2) is 4.98 Å². The van der Waals surface area contributed by atoms with Crippen molar-refractivity contribution in [2.75, 3.05) is 5.73 Å². The molecule has 1 rings (SSSR count). The van der Waals surface area contributed by atoms with Gasteiger partial charge in [0.25, 0.3) is 0 Å². The van der Waals surface area contributed by atoms with Gasteiger partial charge in [-0.1, -0.05) is 26.7 Å². The molecule has 1 heterocycles. The van der Waals surface area contributed by atoms with Crippen LogP contribution in [0.25, 0.3) is 0 Å². The Morgan fingerprint density at radius 2 is 1.73 bits per heavy atom. The normalized spacial score (nSPS) is 10.5. The number of nitrogen functional groups attached to an aromatic ring is 1. The topological polar surface area (TPSA) is 38.9 Å². The van der Waals surface area contributed by atoms with Gasteiger partial charge in [-0.05, 0) is 43.4 Å². The molecule has 0 amide bonds. The Morgan fingerprint density at radius 1 is 1.07 bits per heavy atom. The molecule has 0 aliphatic heterocycles. The van der Waals surface area contributed by atoms with Gasteiger partial charge >= 0.3 is 0 Å². The van der Waals surface area contributed by atoms with E-state index in [2.05, 4.69) is 24.9 Å². The first-order valence-electron chi connectivity index (χ1n) is 6.01. The van der Waals surface area contributed by atoms with E-state index >= 15 is 0 Å². The van der Waals surface area contributed by atoms with Crippen molar-refractivity contribution in [3.05, 3.63) is 23.4 Å². The van der Waals surface area contributed by atoms with E-state index in [1.54, 1.807) is 0 Å². The van der Waals surface area contributed by atoms with E-state index in [-0.39, 0.29) is 0 Å². The lowest BCUT2D eigenvalue weighted by atomic mass is 10.1. The molecule has 0 spiro atoms. The number of unbranched alkanes of at least 4 members (excludes halogenated alkanes) is 2. The molecule has 1 aromatic heterocycles. The zero-order valence-electron chi connectivity index (χ0n) is 9.92. The molecule has 2 nitrogen and oxygen atoms in total. The van der Waals surface area contributed by atoms with E-state index < -0.39 is 0 Å². The van der Waals surface area contributed by atoms with Gasteiger partial charge in [0.1, 0.15) is 5.82 Å². The summed E-state index contributed by atoms with van der Waals surface area (Å²) in [6, 6.07) is 4.22. The molecule has 0 fully saturated rings. The number of aryl methyl sites for hydroxylation is 2. The van der Waals surface area contributed by atoms with Crippen molar-refractivity contribution in [2.45, 2.75) is 52.4 Å². The Hall–Kier alpha value is -1.05. The van der Waals surface area contributed by atoms with Gasteiger partial charge in [-0.3, -0.25) is 0 Å². The van der Waals surface area contributed by atoms with Crippen LogP contribution in [0.4, 0.5) is 5.82 Å². The quantitative estimate of drug-likeness (QED) is 0.775. The van der Waals surface area contributed by atoms with Crippen molar-refractivity contribution >= 4 is 5.82 Å². The minimum absolute atomic E-state index is 0.676. The average Bonchev–Trinajstić information content (AvgIpc) is 2.23. The first kappa shape index (κ1) is 12.0. The maximum absolute atomic E-state index is 5.79. The number of nitrogens with two attached hydrogens (primary N) is 1. The number of hydrogen-bond donors (Lipinski definition) is 1. The SMILES string of the molecule is CCCCc1cc(N)nc(CCCC)c1. The highest BCUT2D eigenvalue weighted by atomic mass is 14.8. The van der Waals surface area contributed by atoms with Crippen LogP contribution in [0.2, 0.25) is 0 Å². The Kier molecular flexibility index (Phi) is 5.16. The summed E-state index contributed by atoms with van der Waals surface area (Å²) < 4.78 is 0. The van der Waals surface area contributed by atoms with Crippen LogP contribution in [0.15, 0.2) is 12.1 Å². The molecule has 15 heavy (non-hydrogen) atoms. The molecule has 0 aromatic carbocycles. The molecular weight excluding hydrogens is 184 g/mol. The fraction of sp³-hybridized carbons (Fsp3) is 0.615. The first-order valence-corrected chi connectivity index (χ1v) is 6.01. The summed E-state index contributed by atoms with van der Waals surface area (Å²) in [6.45, 7) is 4.41. The molecule has 0 atom stereocenters. The van der Waals surface area contributed by atoms with Gasteiger partial charge in [-0.25, -0.2) is 4.98 Å². The van der Waals surface area contributed by atoms with Gasteiger partial charge in [0, 0.05) is 5.69 Å². The van der Waals surface area contributed by atoms with E-state index in [4.69, 9.17) is 5.73 Å². The number of rotatable bonds is 6. The molecule has 0 unspecified atom stereocenters. The monoisotopic (exact) mass is 206 g/mol. The smallest absolute Gasteiger partial charge is 0.123 e. The number of aromatic nitrogens is 1. The minimum atomic E-state index is 0.676. The van der Waals surface area contributed by atoms with E-state index in [0.717, 1.165) is 18.5 Å². The summed E-state index contributed by atoms with van der Waals surface area (Å²) in [5.41, 5.74) is 8.29. The third-order valence-corrected chi connectivity index (χ3v) is 2.56. The highest BCUT2D eigenvalue weighted by Gasteiger charge is 2.00. The fourth-order valence-corrected chi connectivity index (χ4v) is 1.69. The predicted octanol–water partition coefficient (Wildman–Crippen LogP) is 3.35. The van der Waals surface area contributed by atoms with Crippen molar-refractivity contribution < 1.29 is 0 Å². The van der Waals surface area contributed by atoms with Gasteiger partial charge in [0.05, 0.1) is 0 Å². The second-order valence-corrected chi connectivity index (χ2v) is 4.10. The molecule has 1 aromatic rings. The molecule has 0 saturated heterocycles. The summed E-state index contributed by atoms with van der Waals surface area (Å²) >= 11 is 0. The minimum Gasteiger partial charge on any atom is -0.384 e. The van der Waals surface area contributed by atoms with E-state index in [0.29, 0.717) is 5.82 Å². The summed E-state index contributed by atoms with van der Waals surface area (Å²) in [4.78, 5) is 4.36. The molecular formula is C13H22N2. The Bertz CT molecular complexity index is 268. The molecule has 0 aliphatic carbocycles. The molecule has 84 valence electrons. The number of hydrogen-bond acceptors (Lipinski definition) is 2. The molecule has 0 aliphatic rings. The van der Waals surface area contributed by atoms with Crippen molar-refractivity contribution in [1.82, 2.24) is 4.98 Å². The van der Waals surface area contributed by atoms with E-state index in [9.17, 15) is 0 Å². The molecule has 0 radical (unpaired) electrons. The zero-order chi connectivity index (χ0) is 11.1. The van der Waals surface area contributed by atoms with Crippen LogP contribution in [0.5, 0.6) is 0 Å². The van der Waals surface area contributed by atoms with Gasteiger partial charge in [-0.2, -0.15) is 0 Å². The van der Waals surface area contributed by atoms with Crippen molar-refractivity contribution in [2.24, 2.45) is 0 Å². The second kappa shape index (κ2) is 6.44. The first-order chi connectivity index (χ1) is 7.26. The maximum Gasteiger partial charge on any atom is 0.123 e. The van der Waals surface area contributed by atoms with Gasteiger partial charge in [-0.15, -0.1) is 0 Å². The standard InChI is InChI=1S/C13H22N2/c1-3-5-7-11-9-12(8-6-4-2)15-13(14)10-11/h9-10H,3-8H2,1-2H3,(H2,14,15). The van der Waals surface area contributed by atoms with Crippen molar-refractivity contribution in [1.29, 1.82) is 0 Å². The summed E-state index contributed by atoms with van der Waals surface area (Å²) in [5, 5.41) is 0. The zero-order valence-corrected chi connectivity index (χ0v) is 9.92. The van der Waals surface area contributed by atoms with E-state index in [1.807, 2.05) is 6.07 Å². The number of nitrogens with zero attached hydrogens (tertiary/aromatic N) is 1. The predicted molar refractivity (Wildman–Crippen MR) is 65.9 cm³/mol. The largest absolute Gasteiger partial charge is 0.384 e. The highest BCUT2D eigenvalue weighted by molar-refractivity contribution is 5.35. The second-order valence-electron chi connectivity index (χ2n) is 4.10. The van der Waals surface area contributed by atoms with Gasteiger partial charge < -0.3 is 5.73 Å². The number of pyridine rings is 1. The lowest BCUT2D eigenvalue weighted by molar-refractivity contribution is 0.766. The lowest BCUT2D eigenvalue weighted by Gasteiger charge is -2.05. The van der Waals surface area contributed by atoms with E-state index in [1.165, 1.54) is 31.2 Å². The third-order valence-electron chi connectivity index (χ3n) is 2.56. The Balaban J connectivity index is 2.66. The fourth-order valence-electron chi connectivity index (χ4n) is 1.69. The average molecular weight is 206 g/mol. The third kappa shape index (κ3) is 4.32. The summed E-state index contributed by atoms with van der Waals surface area (Å²) in [5.74, 6) is 0.676. The van der Waals surface area contributed by atoms with Crippen LogP contribution in [0, 0.1) is 0 Å². The van der Waals surface area contributed by atoms with Gasteiger partial charge in [0.2, 0.25) is 0 Å². The molecule has 0 bridgehead atoms. The molecule has 0 saturated carbocycles. The lowest BCUT2D eigenvalue weighted by Crippen LogP contribution is -1.99. The van der Waals surface area contributed by atoms with Crippen molar-refractivity contribution in [3.8, 4) is 0 Å². The highest BCUT2D eigenvalue weighted by Crippen LogP contribution is 2.12. The van der Waals surface area contributed by atoms with Crippen LogP contribution < -0.4 is 5.73 Å². The number of anilines is 1. The van der Waals surface area contributed by atoms with Gasteiger partial charge in [0.15, 0.2) is 0 Å². The van der Waals surface area contributed by atoms with Crippen LogP contribution in [-0.2, 0) is 12.8 Å². The maximum atomic E-state index is 5.79. The Morgan fingerprint density at radius 3 is 2.40 bits per heavy atom. The van der Waals surface area contributed by atoms with Crippen LogP contribution >= 0.6 is 0 Å². The van der Waals surface area contributed by atoms with Crippen LogP contribution in [0.1, 0.15) is 50.8 Å². The Labute approximate surface area is 92.9 Å². The molecule has 2 N–H and O–H groups in total.